The van der Waals surface area contributed by atoms with Gasteiger partial charge >= 0.3 is 6.09 Å². The molecule has 0 aromatic heterocycles. The molecule has 0 spiro atoms. The molecule has 0 aliphatic rings. The Morgan fingerprint density at radius 3 is 2.24 bits per heavy atom. The summed E-state index contributed by atoms with van der Waals surface area (Å²) >= 11 is 0. The van der Waals surface area contributed by atoms with Crippen LogP contribution >= 0.6 is 0 Å². The molecule has 1 aromatic carbocycles. The normalized spacial score (nSPS) is 12.0. The number of carbonyl (C=O) groups is 2. The summed E-state index contributed by atoms with van der Waals surface area (Å²) in [6.45, 7) is 5.19. The third-order valence-corrected chi connectivity index (χ3v) is 2.33. The summed E-state index contributed by atoms with van der Waals surface area (Å²) in [5, 5.41) is 2.55. The predicted molar refractivity (Wildman–Crippen MR) is 64.9 cm³/mol. The number of amides is 1. The summed E-state index contributed by atoms with van der Waals surface area (Å²) in [5.74, 6) is 0.414. The van der Waals surface area contributed by atoms with Gasteiger partial charge in [0.05, 0.1) is 6.04 Å². The SMILES string of the molecule is CC(=O)C(NC(=O)Oc1ccccc1)C(C)C. The van der Waals surface area contributed by atoms with Crippen molar-refractivity contribution in [1.82, 2.24) is 5.32 Å². The second-order valence-electron chi connectivity index (χ2n) is 4.18. The van der Waals surface area contributed by atoms with Crippen LogP contribution in [0.3, 0.4) is 0 Å². The number of benzene rings is 1. The Labute approximate surface area is 101 Å². The largest absolute Gasteiger partial charge is 0.413 e. The van der Waals surface area contributed by atoms with Gasteiger partial charge in [0.25, 0.3) is 0 Å². The molecule has 17 heavy (non-hydrogen) atoms. The van der Waals surface area contributed by atoms with Gasteiger partial charge in [0.2, 0.25) is 0 Å². The van der Waals surface area contributed by atoms with Crippen molar-refractivity contribution in [3.8, 4) is 5.75 Å². The number of carbonyl (C=O) groups excluding carboxylic acids is 2. The molecule has 0 aliphatic heterocycles. The molecule has 4 nitrogen and oxygen atoms in total. The second-order valence-corrected chi connectivity index (χ2v) is 4.18. The summed E-state index contributed by atoms with van der Waals surface area (Å²) in [5.41, 5.74) is 0. The van der Waals surface area contributed by atoms with E-state index < -0.39 is 12.1 Å². The van der Waals surface area contributed by atoms with Gasteiger partial charge in [-0.2, -0.15) is 0 Å². The number of hydrogen-bond acceptors (Lipinski definition) is 3. The maximum absolute atomic E-state index is 11.5. The highest BCUT2D eigenvalue weighted by molar-refractivity contribution is 5.86. The van der Waals surface area contributed by atoms with Crippen LogP contribution in [0, 0.1) is 5.92 Å². The van der Waals surface area contributed by atoms with Gasteiger partial charge in [0.1, 0.15) is 5.75 Å². The first-order chi connectivity index (χ1) is 8.00. The summed E-state index contributed by atoms with van der Waals surface area (Å²) in [6.07, 6.45) is -0.606. The molecule has 0 heterocycles. The van der Waals surface area contributed by atoms with E-state index in [1.54, 1.807) is 24.3 Å². The van der Waals surface area contributed by atoms with Gasteiger partial charge in [0, 0.05) is 0 Å². The van der Waals surface area contributed by atoms with Crippen LogP contribution in [-0.2, 0) is 4.79 Å². The van der Waals surface area contributed by atoms with Crippen molar-refractivity contribution in [3.05, 3.63) is 30.3 Å². The second kappa shape index (κ2) is 6.03. The van der Waals surface area contributed by atoms with Gasteiger partial charge in [-0.15, -0.1) is 0 Å². The molecular weight excluding hydrogens is 218 g/mol. The Morgan fingerprint density at radius 2 is 1.76 bits per heavy atom. The van der Waals surface area contributed by atoms with Gasteiger partial charge in [0.15, 0.2) is 5.78 Å². The minimum Gasteiger partial charge on any atom is -0.410 e. The highest BCUT2D eigenvalue weighted by Crippen LogP contribution is 2.09. The van der Waals surface area contributed by atoms with Crippen molar-refractivity contribution < 1.29 is 14.3 Å². The number of ether oxygens (including phenoxy) is 1. The molecule has 1 atom stereocenters. The van der Waals surface area contributed by atoms with Gasteiger partial charge in [-0.25, -0.2) is 4.79 Å². The fourth-order valence-electron chi connectivity index (χ4n) is 1.49. The van der Waals surface area contributed by atoms with E-state index in [1.807, 2.05) is 19.9 Å². The summed E-state index contributed by atoms with van der Waals surface area (Å²) in [4.78, 5) is 22.8. The number of rotatable bonds is 4. The molecule has 0 bridgehead atoms. The molecule has 92 valence electrons. The lowest BCUT2D eigenvalue weighted by atomic mass is 10.0. The zero-order valence-corrected chi connectivity index (χ0v) is 10.3. The lowest BCUT2D eigenvalue weighted by Crippen LogP contribution is -2.44. The van der Waals surface area contributed by atoms with Crippen molar-refractivity contribution in [1.29, 1.82) is 0 Å². The van der Waals surface area contributed by atoms with E-state index in [2.05, 4.69) is 5.32 Å². The quantitative estimate of drug-likeness (QED) is 0.871. The Balaban J connectivity index is 2.57. The first-order valence-corrected chi connectivity index (χ1v) is 5.54. The molecule has 1 N–H and O–H groups in total. The van der Waals surface area contributed by atoms with Gasteiger partial charge in [-0.05, 0) is 25.0 Å². The molecule has 0 saturated carbocycles. The zero-order chi connectivity index (χ0) is 12.8. The molecule has 1 aromatic rings. The van der Waals surface area contributed by atoms with E-state index in [0.717, 1.165) is 0 Å². The van der Waals surface area contributed by atoms with Gasteiger partial charge in [-0.1, -0.05) is 32.0 Å². The topological polar surface area (TPSA) is 55.4 Å². The van der Waals surface area contributed by atoms with Gasteiger partial charge in [-0.3, -0.25) is 4.79 Å². The van der Waals surface area contributed by atoms with E-state index in [0.29, 0.717) is 5.75 Å². The standard InChI is InChI=1S/C13H17NO3/c1-9(2)12(10(3)15)14-13(16)17-11-7-5-4-6-8-11/h4-9,12H,1-3H3,(H,14,16). The Bertz CT molecular complexity index is 387. The average Bonchev–Trinajstić information content (AvgIpc) is 2.26. The number of para-hydroxylation sites is 1. The molecule has 0 aliphatic carbocycles. The summed E-state index contributed by atoms with van der Waals surface area (Å²) in [7, 11) is 0. The Hall–Kier alpha value is -1.84. The summed E-state index contributed by atoms with van der Waals surface area (Å²) in [6, 6.07) is 8.22. The van der Waals surface area contributed by atoms with Gasteiger partial charge < -0.3 is 10.1 Å². The molecular formula is C13H17NO3. The van der Waals surface area contributed by atoms with Crippen LogP contribution in [0.15, 0.2) is 30.3 Å². The Kier molecular flexibility index (Phi) is 4.69. The number of nitrogens with one attached hydrogen (secondary N) is 1. The molecule has 1 rings (SSSR count). The van der Waals surface area contributed by atoms with E-state index in [-0.39, 0.29) is 11.7 Å². The van der Waals surface area contributed by atoms with Crippen molar-refractivity contribution in [2.24, 2.45) is 5.92 Å². The van der Waals surface area contributed by atoms with Crippen LogP contribution in [0.4, 0.5) is 4.79 Å². The van der Waals surface area contributed by atoms with Crippen LogP contribution in [0.5, 0.6) is 5.75 Å². The first kappa shape index (κ1) is 13.2. The minimum atomic E-state index is -0.606. The van der Waals surface area contributed by atoms with Crippen LogP contribution in [0.1, 0.15) is 20.8 Å². The first-order valence-electron chi connectivity index (χ1n) is 5.54. The highest BCUT2D eigenvalue weighted by atomic mass is 16.6. The lowest BCUT2D eigenvalue weighted by molar-refractivity contribution is -0.119. The molecule has 4 heteroatoms. The van der Waals surface area contributed by atoms with Crippen molar-refractivity contribution in [2.45, 2.75) is 26.8 Å². The monoisotopic (exact) mass is 235 g/mol. The van der Waals surface area contributed by atoms with E-state index in [1.165, 1.54) is 6.92 Å². The molecule has 0 fully saturated rings. The smallest absolute Gasteiger partial charge is 0.410 e. The van der Waals surface area contributed by atoms with E-state index in [4.69, 9.17) is 4.74 Å². The zero-order valence-electron chi connectivity index (χ0n) is 10.3. The average molecular weight is 235 g/mol. The predicted octanol–water partition coefficient (Wildman–Crippen LogP) is 2.39. The third-order valence-electron chi connectivity index (χ3n) is 2.33. The number of hydrogen-bond donors (Lipinski definition) is 1. The van der Waals surface area contributed by atoms with Crippen molar-refractivity contribution >= 4 is 11.9 Å². The molecule has 0 saturated heterocycles. The van der Waals surface area contributed by atoms with E-state index >= 15 is 0 Å². The Morgan fingerprint density at radius 1 is 1.18 bits per heavy atom. The van der Waals surface area contributed by atoms with E-state index in [9.17, 15) is 9.59 Å². The lowest BCUT2D eigenvalue weighted by Gasteiger charge is -2.18. The third kappa shape index (κ3) is 4.26. The van der Waals surface area contributed by atoms with Crippen LogP contribution in [0.2, 0.25) is 0 Å². The molecule has 1 unspecified atom stereocenters. The highest BCUT2D eigenvalue weighted by Gasteiger charge is 2.21. The fraction of sp³-hybridized carbons (Fsp3) is 0.385. The van der Waals surface area contributed by atoms with Crippen LogP contribution in [0.25, 0.3) is 0 Å². The minimum absolute atomic E-state index is 0.0378. The maximum atomic E-state index is 11.5. The van der Waals surface area contributed by atoms with Crippen molar-refractivity contribution in [3.63, 3.8) is 0 Å². The molecule has 1 amide bonds. The van der Waals surface area contributed by atoms with Crippen molar-refractivity contribution in [2.75, 3.05) is 0 Å². The fourth-order valence-corrected chi connectivity index (χ4v) is 1.49. The van der Waals surface area contributed by atoms with Crippen LogP contribution in [-0.4, -0.2) is 17.9 Å². The maximum Gasteiger partial charge on any atom is 0.413 e. The summed E-state index contributed by atoms with van der Waals surface area (Å²) < 4.78 is 5.04. The van der Waals surface area contributed by atoms with Crippen LogP contribution < -0.4 is 10.1 Å². The number of ketones is 1. The number of Topliss-reactive ketones (excluding diaryl/α,β-unsaturated/α-hetero) is 1. The molecule has 0 radical (unpaired) electrons.